The van der Waals surface area contributed by atoms with Gasteiger partial charge in [0.2, 0.25) is 21.8 Å². The number of methoxy groups -OCH3 is 1. The van der Waals surface area contributed by atoms with Crippen LogP contribution in [0.4, 0.5) is 5.13 Å². The molecule has 5 rings (SSSR count). The molecule has 1 saturated carbocycles. The van der Waals surface area contributed by atoms with Crippen LogP contribution in [-0.4, -0.2) is 73.1 Å². The molecule has 1 aliphatic carbocycles. The van der Waals surface area contributed by atoms with Crippen LogP contribution in [0.1, 0.15) is 62.8 Å². The fourth-order valence-electron chi connectivity index (χ4n) is 5.83. The van der Waals surface area contributed by atoms with E-state index in [0.717, 1.165) is 31.2 Å². The number of sulfonamides is 1. The molecular formula is C29H37N5O6S2. The first-order valence-corrected chi connectivity index (χ1v) is 16.7. The van der Waals surface area contributed by atoms with Crippen LogP contribution in [0.5, 0.6) is 5.88 Å². The number of hydrogen-bond donors (Lipinski definition) is 3. The van der Waals surface area contributed by atoms with Gasteiger partial charge in [-0.2, -0.15) is 0 Å². The van der Waals surface area contributed by atoms with Crippen molar-refractivity contribution < 1.29 is 27.9 Å². The van der Waals surface area contributed by atoms with Crippen LogP contribution in [0.3, 0.4) is 0 Å². The number of pyridine rings is 1. The van der Waals surface area contributed by atoms with Crippen LogP contribution < -0.4 is 14.8 Å². The molecule has 2 aliphatic rings. The highest BCUT2D eigenvalue weighted by Crippen LogP contribution is 2.36. The number of likely N-dealkylation sites (tertiary alicyclic amines) is 1. The van der Waals surface area contributed by atoms with E-state index in [1.54, 1.807) is 43.5 Å². The van der Waals surface area contributed by atoms with E-state index in [4.69, 9.17) is 9.84 Å². The number of anilines is 1. The highest BCUT2D eigenvalue weighted by Gasteiger charge is 2.29. The van der Waals surface area contributed by atoms with Crippen LogP contribution in [0, 0.1) is 5.92 Å². The number of carboxylic acids is 1. The van der Waals surface area contributed by atoms with Gasteiger partial charge in [0.15, 0.2) is 5.13 Å². The first-order chi connectivity index (χ1) is 20.2. The lowest BCUT2D eigenvalue weighted by Gasteiger charge is -2.31. The van der Waals surface area contributed by atoms with Crippen molar-refractivity contribution in [1.29, 1.82) is 0 Å². The number of carbonyl (C=O) groups is 2. The Morgan fingerprint density at radius 3 is 2.45 bits per heavy atom. The van der Waals surface area contributed by atoms with Gasteiger partial charge in [0.05, 0.1) is 24.3 Å². The first kappa shape index (κ1) is 30.3. The molecule has 1 aromatic carbocycles. The Labute approximate surface area is 249 Å². The van der Waals surface area contributed by atoms with Crippen molar-refractivity contribution in [3.63, 3.8) is 0 Å². The number of ether oxygens (including phenoxy) is 1. The van der Waals surface area contributed by atoms with E-state index in [1.807, 2.05) is 4.90 Å². The van der Waals surface area contributed by atoms with Gasteiger partial charge in [0, 0.05) is 18.7 Å². The van der Waals surface area contributed by atoms with Gasteiger partial charge in [-0.25, -0.2) is 23.1 Å². The topological polar surface area (TPSA) is 151 Å². The number of carboxylic acid groups (broad SMARTS) is 1. The number of aliphatic carboxylic acids is 1. The minimum absolute atomic E-state index is 0.0789. The zero-order valence-electron chi connectivity index (χ0n) is 23.6. The molecule has 42 heavy (non-hydrogen) atoms. The Hall–Kier alpha value is -3.13. The van der Waals surface area contributed by atoms with Gasteiger partial charge in [-0.15, -0.1) is 0 Å². The van der Waals surface area contributed by atoms with Gasteiger partial charge in [-0.05, 0) is 62.0 Å². The van der Waals surface area contributed by atoms with Crippen molar-refractivity contribution in [2.24, 2.45) is 5.92 Å². The highest BCUT2D eigenvalue weighted by atomic mass is 32.2. The summed E-state index contributed by atoms with van der Waals surface area (Å²) in [7, 11) is -2.20. The lowest BCUT2D eigenvalue weighted by atomic mass is 9.87. The fourth-order valence-corrected chi connectivity index (χ4v) is 7.97. The van der Waals surface area contributed by atoms with Crippen molar-refractivity contribution in [3.8, 4) is 5.88 Å². The van der Waals surface area contributed by atoms with Crippen LogP contribution >= 0.6 is 11.3 Å². The molecule has 3 aromatic rings. The summed E-state index contributed by atoms with van der Waals surface area (Å²) in [6, 6.07) is 9.96. The largest absolute Gasteiger partial charge is 0.481 e. The van der Waals surface area contributed by atoms with Crippen molar-refractivity contribution in [1.82, 2.24) is 19.6 Å². The summed E-state index contributed by atoms with van der Waals surface area (Å²) in [4.78, 5) is 36.2. The monoisotopic (exact) mass is 615 g/mol. The maximum atomic E-state index is 13.6. The molecule has 1 atom stereocenters. The molecule has 1 saturated heterocycles. The van der Waals surface area contributed by atoms with Crippen LogP contribution in [0.2, 0.25) is 0 Å². The summed E-state index contributed by atoms with van der Waals surface area (Å²) >= 11 is 1.29. The van der Waals surface area contributed by atoms with E-state index in [0.29, 0.717) is 66.2 Å². The Kier molecular flexibility index (Phi) is 9.71. The molecule has 3 heterocycles. The maximum absolute atomic E-state index is 13.6. The number of rotatable bonds is 12. The number of nitrogens with one attached hydrogen (secondary N) is 2. The molecule has 226 valence electrons. The first-order valence-electron chi connectivity index (χ1n) is 14.4. The van der Waals surface area contributed by atoms with Gasteiger partial charge < -0.3 is 20.1 Å². The van der Waals surface area contributed by atoms with Crippen LogP contribution in [-0.2, 0) is 19.6 Å². The van der Waals surface area contributed by atoms with Gasteiger partial charge in [-0.1, -0.05) is 49.2 Å². The standard InChI is InChI=1S/C29H37N5O6S2/c1-40-25-11-10-24-28(31-25)41-29(30-24)32-27(37)23(18-19-4-2-3-5-19)20-6-8-22(9-7-20)42(38,39)33-21-12-15-34(16-13-21)17-14-26(35)36/h6-11,19,21,23,33H,2-5,12-18H2,1H3,(H,35,36)(H,30,32,37)/t23-/m1/s1. The van der Waals surface area contributed by atoms with Gasteiger partial charge in [-0.3, -0.25) is 9.59 Å². The second-order valence-corrected chi connectivity index (χ2v) is 13.8. The van der Waals surface area contributed by atoms with Gasteiger partial charge in [0.1, 0.15) is 10.3 Å². The van der Waals surface area contributed by atoms with Crippen molar-refractivity contribution in [2.45, 2.75) is 68.2 Å². The van der Waals surface area contributed by atoms with Gasteiger partial charge in [0.25, 0.3) is 0 Å². The summed E-state index contributed by atoms with van der Waals surface area (Å²) in [5.74, 6) is -0.527. The quantitative estimate of drug-likeness (QED) is 0.272. The molecule has 0 bridgehead atoms. The smallest absolute Gasteiger partial charge is 0.304 e. The highest BCUT2D eigenvalue weighted by molar-refractivity contribution is 7.89. The molecule has 0 unspecified atom stereocenters. The predicted molar refractivity (Wildman–Crippen MR) is 160 cm³/mol. The summed E-state index contributed by atoms with van der Waals surface area (Å²) in [6.45, 7) is 1.77. The molecule has 3 N–H and O–H groups in total. The number of nitrogens with zero attached hydrogens (tertiary/aromatic N) is 3. The van der Waals surface area contributed by atoms with E-state index in [-0.39, 0.29) is 23.3 Å². The number of carbonyl (C=O) groups excluding carboxylic acids is 1. The number of aromatic nitrogens is 2. The van der Waals surface area contributed by atoms with Crippen molar-refractivity contribution in [2.75, 3.05) is 32.1 Å². The van der Waals surface area contributed by atoms with Crippen LogP contribution in [0.25, 0.3) is 10.3 Å². The number of thiazole rings is 1. The van der Waals surface area contributed by atoms with Gasteiger partial charge >= 0.3 is 5.97 Å². The summed E-state index contributed by atoms with van der Waals surface area (Å²) in [5.41, 5.74) is 1.45. The second-order valence-electron chi connectivity index (χ2n) is 11.1. The third kappa shape index (κ3) is 7.63. The average molecular weight is 616 g/mol. The Morgan fingerprint density at radius 2 is 1.79 bits per heavy atom. The lowest BCUT2D eigenvalue weighted by molar-refractivity contribution is -0.137. The predicted octanol–water partition coefficient (Wildman–Crippen LogP) is 4.22. The molecule has 11 nitrogen and oxygen atoms in total. The van der Waals surface area contributed by atoms with E-state index >= 15 is 0 Å². The van der Waals surface area contributed by atoms with E-state index in [1.165, 1.54) is 11.3 Å². The SMILES string of the molecule is COc1ccc2nc(NC(=O)[C@H](CC3CCCC3)c3ccc(S(=O)(=O)NC4CCN(CCC(=O)O)CC4)cc3)sc2n1. The normalized spacial score (nSPS) is 17.8. The fraction of sp³-hybridized carbons (Fsp3) is 0.517. The number of amides is 1. The summed E-state index contributed by atoms with van der Waals surface area (Å²) in [5, 5.41) is 12.3. The molecule has 13 heteroatoms. The third-order valence-electron chi connectivity index (χ3n) is 8.17. The third-order valence-corrected chi connectivity index (χ3v) is 10.6. The van der Waals surface area contributed by atoms with E-state index in [2.05, 4.69) is 20.0 Å². The molecule has 1 aliphatic heterocycles. The van der Waals surface area contributed by atoms with Crippen LogP contribution in [0.15, 0.2) is 41.3 Å². The summed E-state index contributed by atoms with van der Waals surface area (Å²) < 4.78 is 34.3. The Balaban J connectivity index is 1.26. The number of piperidine rings is 1. The maximum Gasteiger partial charge on any atom is 0.304 e. The molecule has 0 spiro atoms. The molecule has 2 aromatic heterocycles. The lowest BCUT2D eigenvalue weighted by Crippen LogP contribution is -2.45. The average Bonchev–Trinajstić information content (AvgIpc) is 3.64. The Bertz CT molecular complexity index is 1500. The Morgan fingerprint density at radius 1 is 1.07 bits per heavy atom. The number of fused-ring (bicyclic) bond motifs is 1. The molecule has 1 amide bonds. The number of hydrogen-bond acceptors (Lipinski definition) is 9. The van der Waals surface area contributed by atoms with E-state index in [9.17, 15) is 18.0 Å². The molecular weight excluding hydrogens is 578 g/mol. The molecule has 0 radical (unpaired) electrons. The summed E-state index contributed by atoms with van der Waals surface area (Å²) in [6.07, 6.45) is 6.49. The second kappa shape index (κ2) is 13.4. The molecule has 2 fully saturated rings. The van der Waals surface area contributed by atoms with Crippen molar-refractivity contribution in [3.05, 3.63) is 42.0 Å². The zero-order valence-corrected chi connectivity index (χ0v) is 25.3. The zero-order chi connectivity index (χ0) is 29.7. The minimum Gasteiger partial charge on any atom is -0.481 e. The van der Waals surface area contributed by atoms with E-state index < -0.39 is 21.9 Å². The minimum atomic E-state index is -3.75. The number of benzene rings is 1. The van der Waals surface area contributed by atoms with Crippen molar-refractivity contribution >= 4 is 48.7 Å².